The van der Waals surface area contributed by atoms with E-state index in [1.54, 1.807) is 19.3 Å². The maximum Gasteiger partial charge on any atom is 0.0121 e. The summed E-state index contributed by atoms with van der Waals surface area (Å²) in [4.78, 5) is 0. The lowest BCUT2D eigenvalue weighted by atomic mass is 9.63. The summed E-state index contributed by atoms with van der Waals surface area (Å²) >= 11 is 0. The lowest BCUT2D eigenvalue weighted by molar-refractivity contribution is 0.0820. The van der Waals surface area contributed by atoms with Crippen LogP contribution in [0.15, 0.2) is 0 Å². The molecule has 0 aromatic carbocycles. The molecular formula is C19H35N. The Kier molecular flexibility index (Phi) is 5.07. The predicted octanol–water partition coefficient (Wildman–Crippen LogP) is 5.01. The Hall–Kier alpha value is -0.0400. The van der Waals surface area contributed by atoms with Crippen molar-refractivity contribution in [2.75, 3.05) is 7.05 Å². The van der Waals surface area contributed by atoms with Crippen LogP contribution in [0.1, 0.15) is 77.6 Å². The molecule has 0 aromatic heterocycles. The van der Waals surface area contributed by atoms with Crippen molar-refractivity contribution in [3.63, 3.8) is 0 Å². The molecule has 20 heavy (non-hydrogen) atoms. The maximum absolute atomic E-state index is 3.76. The van der Waals surface area contributed by atoms with Gasteiger partial charge >= 0.3 is 0 Å². The lowest BCUT2D eigenvalue weighted by Crippen LogP contribution is -2.45. The number of hydrogen-bond acceptors (Lipinski definition) is 1. The molecule has 0 radical (unpaired) electrons. The van der Waals surface area contributed by atoms with E-state index >= 15 is 0 Å². The molecule has 3 rings (SSSR count). The molecule has 3 fully saturated rings. The standard InChI is InChI=1S/C19H35N/c1-14-6-5-9-17(12-14)19(20-2)18-11-10-15-7-3-4-8-16(15)13-18/h14-20H,3-13H2,1-2H3. The van der Waals surface area contributed by atoms with Crippen molar-refractivity contribution in [3.8, 4) is 0 Å². The highest BCUT2D eigenvalue weighted by Crippen LogP contribution is 2.45. The van der Waals surface area contributed by atoms with Gasteiger partial charge < -0.3 is 5.32 Å². The van der Waals surface area contributed by atoms with Gasteiger partial charge in [-0.3, -0.25) is 0 Å². The van der Waals surface area contributed by atoms with E-state index in [-0.39, 0.29) is 0 Å². The Balaban J connectivity index is 1.61. The molecule has 0 spiro atoms. The van der Waals surface area contributed by atoms with Crippen LogP contribution < -0.4 is 5.32 Å². The summed E-state index contributed by atoms with van der Waals surface area (Å²) in [6, 6.07) is 0.820. The van der Waals surface area contributed by atoms with Gasteiger partial charge in [0.25, 0.3) is 0 Å². The van der Waals surface area contributed by atoms with Gasteiger partial charge in [-0.25, -0.2) is 0 Å². The van der Waals surface area contributed by atoms with Gasteiger partial charge in [0.15, 0.2) is 0 Å². The van der Waals surface area contributed by atoms with Crippen LogP contribution in [0.4, 0.5) is 0 Å². The summed E-state index contributed by atoms with van der Waals surface area (Å²) in [5.41, 5.74) is 0. The molecular weight excluding hydrogens is 242 g/mol. The zero-order valence-corrected chi connectivity index (χ0v) is 13.7. The third-order valence-electron chi connectivity index (χ3n) is 6.91. The fraction of sp³-hybridized carbons (Fsp3) is 1.00. The number of fused-ring (bicyclic) bond motifs is 1. The first-order valence-corrected chi connectivity index (χ1v) is 9.45. The van der Waals surface area contributed by atoms with Crippen molar-refractivity contribution >= 4 is 0 Å². The molecule has 0 aromatic rings. The third-order valence-corrected chi connectivity index (χ3v) is 6.91. The van der Waals surface area contributed by atoms with Crippen LogP contribution in [0.25, 0.3) is 0 Å². The van der Waals surface area contributed by atoms with Crippen molar-refractivity contribution in [2.24, 2.45) is 29.6 Å². The van der Waals surface area contributed by atoms with Crippen molar-refractivity contribution in [3.05, 3.63) is 0 Å². The van der Waals surface area contributed by atoms with Crippen molar-refractivity contribution in [2.45, 2.75) is 83.6 Å². The molecule has 1 heteroatoms. The molecule has 1 nitrogen and oxygen atoms in total. The first-order valence-electron chi connectivity index (χ1n) is 9.45. The summed E-state index contributed by atoms with van der Waals surface area (Å²) in [6.07, 6.45) is 16.6. The van der Waals surface area contributed by atoms with E-state index in [1.165, 1.54) is 51.4 Å². The van der Waals surface area contributed by atoms with Crippen LogP contribution in [0, 0.1) is 29.6 Å². The smallest absolute Gasteiger partial charge is 0.0121 e. The maximum atomic E-state index is 3.76. The second kappa shape index (κ2) is 6.81. The van der Waals surface area contributed by atoms with E-state index in [0.29, 0.717) is 0 Å². The van der Waals surface area contributed by atoms with E-state index in [9.17, 15) is 0 Å². The second-order valence-electron chi connectivity index (χ2n) is 8.22. The summed E-state index contributed by atoms with van der Waals surface area (Å²) in [7, 11) is 2.23. The predicted molar refractivity (Wildman–Crippen MR) is 86.8 cm³/mol. The molecule has 0 amide bonds. The fourth-order valence-electron chi connectivity index (χ4n) is 5.90. The minimum Gasteiger partial charge on any atom is -0.316 e. The zero-order chi connectivity index (χ0) is 13.9. The largest absolute Gasteiger partial charge is 0.316 e. The van der Waals surface area contributed by atoms with Gasteiger partial charge in [-0.15, -0.1) is 0 Å². The Morgan fingerprint density at radius 2 is 1.50 bits per heavy atom. The zero-order valence-electron chi connectivity index (χ0n) is 13.7. The van der Waals surface area contributed by atoms with Crippen LogP contribution in [-0.4, -0.2) is 13.1 Å². The van der Waals surface area contributed by atoms with Crippen molar-refractivity contribution < 1.29 is 0 Å². The summed E-state index contributed by atoms with van der Waals surface area (Å²) in [6.45, 7) is 2.47. The van der Waals surface area contributed by atoms with Crippen LogP contribution in [-0.2, 0) is 0 Å². The van der Waals surface area contributed by atoms with Gasteiger partial charge in [0.1, 0.15) is 0 Å². The van der Waals surface area contributed by atoms with Gasteiger partial charge in [0, 0.05) is 6.04 Å². The monoisotopic (exact) mass is 277 g/mol. The number of nitrogens with one attached hydrogen (secondary N) is 1. The van der Waals surface area contributed by atoms with E-state index in [4.69, 9.17) is 0 Å². The molecule has 3 aliphatic rings. The van der Waals surface area contributed by atoms with Gasteiger partial charge in [0.2, 0.25) is 0 Å². The van der Waals surface area contributed by atoms with Crippen LogP contribution in [0.2, 0.25) is 0 Å². The number of hydrogen-bond donors (Lipinski definition) is 1. The highest BCUT2D eigenvalue weighted by atomic mass is 14.9. The Morgan fingerprint density at radius 1 is 0.750 bits per heavy atom. The minimum atomic E-state index is 0.820. The Morgan fingerprint density at radius 3 is 2.25 bits per heavy atom. The molecule has 3 saturated carbocycles. The molecule has 6 unspecified atom stereocenters. The molecule has 0 aliphatic heterocycles. The number of rotatable bonds is 3. The van der Waals surface area contributed by atoms with Crippen LogP contribution in [0.5, 0.6) is 0 Å². The SMILES string of the molecule is CNC(C1CCCC(C)C1)C1CCC2CCCCC2C1. The molecule has 116 valence electrons. The van der Waals surface area contributed by atoms with Crippen LogP contribution >= 0.6 is 0 Å². The molecule has 6 atom stereocenters. The highest BCUT2D eigenvalue weighted by Gasteiger charge is 2.38. The molecule has 0 saturated heterocycles. The second-order valence-corrected chi connectivity index (χ2v) is 8.22. The topological polar surface area (TPSA) is 12.0 Å². The van der Waals surface area contributed by atoms with Gasteiger partial charge in [-0.2, -0.15) is 0 Å². The lowest BCUT2D eigenvalue weighted by Gasteiger charge is -2.45. The van der Waals surface area contributed by atoms with E-state index < -0.39 is 0 Å². The highest BCUT2D eigenvalue weighted by molar-refractivity contribution is 4.91. The third kappa shape index (κ3) is 3.24. The Bertz CT molecular complexity index is 300. The minimum absolute atomic E-state index is 0.820. The average Bonchev–Trinajstić information content (AvgIpc) is 2.48. The van der Waals surface area contributed by atoms with Crippen LogP contribution in [0.3, 0.4) is 0 Å². The van der Waals surface area contributed by atoms with E-state index in [2.05, 4.69) is 19.3 Å². The molecule has 0 heterocycles. The van der Waals surface area contributed by atoms with Crippen molar-refractivity contribution in [1.82, 2.24) is 5.32 Å². The Labute approximate surface area is 126 Å². The first kappa shape index (κ1) is 14.9. The van der Waals surface area contributed by atoms with Crippen molar-refractivity contribution in [1.29, 1.82) is 0 Å². The first-order chi connectivity index (χ1) is 9.78. The summed E-state index contributed by atoms with van der Waals surface area (Å²) < 4.78 is 0. The fourth-order valence-corrected chi connectivity index (χ4v) is 5.90. The summed E-state index contributed by atoms with van der Waals surface area (Å²) in [5, 5.41) is 3.76. The van der Waals surface area contributed by atoms with Gasteiger partial charge in [-0.05, 0) is 68.7 Å². The molecule has 3 aliphatic carbocycles. The average molecular weight is 277 g/mol. The molecule has 1 N–H and O–H groups in total. The quantitative estimate of drug-likeness (QED) is 0.765. The van der Waals surface area contributed by atoms with E-state index in [1.807, 2.05) is 0 Å². The normalized spacial score (nSPS) is 43.8. The van der Waals surface area contributed by atoms with E-state index in [0.717, 1.165) is 35.6 Å². The summed E-state index contributed by atoms with van der Waals surface area (Å²) in [5.74, 6) is 5.10. The van der Waals surface area contributed by atoms with Gasteiger partial charge in [0.05, 0.1) is 0 Å². The molecule has 0 bridgehead atoms. The van der Waals surface area contributed by atoms with Gasteiger partial charge in [-0.1, -0.05) is 45.4 Å².